The summed E-state index contributed by atoms with van der Waals surface area (Å²) in [6, 6.07) is 7.89. The Hall–Kier alpha value is -2.29. The molecule has 1 fully saturated rings. The predicted molar refractivity (Wildman–Crippen MR) is 112 cm³/mol. The Balaban J connectivity index is 0.00000240. The highest BCUT2D eigenvalue weighted by Gasteiger charge is 2.25. The van der Waals surface area contributed by atoms with Gasteiger partial charge in [-0.15, -0.1) is 12.4 Å². The molecule has 1 aliphatic rings. The van der Waals surface area contributed by atoms with Gasteiger partial charge in [-0.1, -0.05) is 43.2 Å². The zero-order chi connectivity index (χ0) is 19.7. The Labute approximate surface area is 176 Å². The molecule has 29 heavy (non-hydrogen) atoms. The van der Waals surface area contributed by atoms with Crippen molar-refractivity contribution in [3.05, 3.63) is 36.0 Å². The van der Waals surface area contributed by atoms with Crippen LogP contribution in [-0.2, 0) is 6.42 Å². The van der Waals surface area contributed by atoms with Gasteiger partial charge < -0.3 is 14.4 Å². The molecule has 1 atom stereocenters. The normalized spacial score (nSPS) is 17.9. The van der Waals surface area contributed by atoms with Crippen molar-refractivity contribution in [2.24, 2.45) is 5.41 Å². The Kier molecular flexibility index (Phi) is 6.36. The van der Waals surface area contributed by atoms with Crippen molar-refractivity contribution < 1.29 is 9.05 Å². The van der Waals surface area contributed by atoms with E-state index in [9.17, 15) is 0 Å². The first kappa shape index (κ1) is 21.4. The van der Waals surface area contributed by atoms with E-state index < -0.39 is 0 Å². The fourth-order valence-corrected chi connectivity index (χ4v) is 3.27. The lowest BCUT2D eigenvalue weighted by Crippen LogP contribution is -2.44. The number of hydrogen-bond donors (Lipinski definition) is 1. The molecule has 1 saturated heterocycles. The minimum atomic E-state index is 0. The van der Waals surface area contributed by atoms with Gasteiger partial charge in [-0.25, -0.2) is 0 Å². The summed E-state index contributed by atoms with van der Waals surface area (Å²) in [6.45, 7) is 9.17. The smallest absolute Gasteiger partial charge is 0.258 e. The third-order valence-electron chi connectivity index (χ3n) is 4.77. The molecule has 1 aromatic carbocycles. The maximum atomic E-state index is 5.53. The van der Waals surface area contributed by atoms with Crippen molar-refractivity contribution >= 4 is 12.4 Å². The van der Waals surface area contributed by atoms with Gasteiger partial charge in [0.05, 0.1) is 6.04 Å². The van der Waals surface area contributed by atoms with E-state index in [1.165, 1.54) is 0 Å². The molecule has 0 aliphatic carbocycles. The molecule has 4 rings (SSSR count). The predicted octanol–water partition coefficient (Wildman–Crippen LogP) is 3.37. The summed E-state index contributed by atoms with van der Waals surface area (Å²) >= 11 is 0. The monoisotopic (exact) mass is 418 g/mol. The molecule has 8 nitrogen and oxygen atoms in total. The van der Waals surface area contributed by atoms with Crippen LogP contribution in [0.25, 0.3) is 22.8 Å². The lowest BCUT2D eigenvalue weighted by molar-refractivity contribution is 0.190. The first-order valence-electron chi connectivity index (χ1n) is 9.57. The lowest BCUT2D eigenvalue weighted by Gasteiger charge is -2.30. The molecule has 0 amide bonds. The minimum absolute atomic E-state index is 0. The average molecular weight is 419 g/mol. The van der Waals surface area contributed by atoms with Crippen LogP contribution in [-0.4, -0.2) is 51.9 Å². The van der Waals surface area contributed by atoms with E-state index in [4.69, 9.17) is 9.05 Å². The summed E-state index contributed by atoms with van der Waals surface area (Å²) in [5.74, 6) is 2.40. The second-order valence-corrected chi connectivity index (χ2v) is 8.49. The van der Waals surface area contributed by atoms with Crippen molar-refractivity contribution in [1.29, 1.82) is 0 Å². The molecule has 3 heterocycles. The van der Waals surface area contributed by atoms with E-state index in [2.05, 4.69) is 58.3 Å². The van der Waals surface area contributed by atoms with E-state index in [1.54, 1.807) is 0 Å². The average Bonchev–Trinajstić information content (AvgIpc) is 3.31. The zero-order valence-electron chi connectivity index (χ0n) is 17.2. The summed E-state index contributed by atoms with van der Waals surface area (Å²) in [5, 5.41) is 11.7. The van der Waals surface area contributed by atoms with Crippen LogP contribution >= 0.6 is 12.4 Å². The minimum Gasteiger partial charge on any atom is -0.339 e. The van der Waals surface area contributed by atoms with Gasteiger partial charge >= 0.3 is 0 Å². The Morgan fingerprint density at radius 2 is 1.93 bits per heavy atom. The zero-order valence-corrected chi connectivity index (χ0v) is 18.0. The Morgan fingerprint density at radius 3 is 2.69 bits per heavy atom. The highest BCUT2D eigenvalue weighted by Crippen LogP contribution is 2.27. The first-order chi connectivity index (χ1) is 13.4. The Morgan fingerprint density at radius 1 is 1.14 bits per heavy atom. The van der Waals surface area contributed by atoms with Gasteiger partial charge in [-0.05, 0) is 24.6 Å². The van der Waals surface area contributed by atoms with Gasteiger partial charge in [0.1, 0.15) is 0 Å². The number of piperazine rings is 1. The van der Waals surface area contributed by atoms with Crippen LogP contribution in [0.5, 0.6) is 0 Å². The summed E-state index contributed by atoms with van der Waals surface area (Å²) in [6.07, 6.45) is 0.732. The van der Waals surface area contributed by atoms with Gasteiger partial charge in [0.2, 0.25) is 11.7 Å². The highest BCUT2D eigenvalue weighted by molar-refractivity contribution is 5.85. The largest absolute Gasteiger partial charge is 0.339 e. The maximum absolute atomic E-state index is 5.53. The number of nitrogens with one attached hydrogen (secondary N) is 1. The Bertz CT molecular complexity index is 948. The highest BCUT2D eigenvalue weighted by atomic mass is 35.5. The van der Waals surface area contributed by atoms with Gasteiger partial charge in [0, 0.05) is 37.2 Å². The van der Waals surface area contributed by atoms with Crippen molar-refractivity contribution in [2.75, 3.05) is 26.7 Å². The third-order valence-corrected chi connectivity index (χ3v) is 4.77. The molecule has 3 aromatic rings. The third kappa shape index (κ3) is 5.01. The SMILES string of the molecule is CN1CCNCC1c1noc(-c2cccc(-c3noc(CC(C)(C)C)n3)c2)n1.Cl. The maximum Gasteiger partial charge on any atom is 0.258 e. The first-order valence-corrected chi connectivity index (χ1v) is 9.57. The van der Waals surface area contributed by atoms with Gasteiger partial charge in [0.25, 0.3) is 5.89 Å². The number of hydrogen-bond acceptors (Lipinski definition) is 8. The van der Waals surface area contributed by atoms with E-state index in [-0.39, 0.29) is 23.9 Å². The second-order valence-electron chi connectivity index (χ2n) is 8.49. The summed E-state index contributed by atoms with van der Waals surface area (Å²) in [5.41, 5.74) is 1.79. The quantitative estimate of drug-likeness (QED) is 0.689. The number of aromatic nitrogens is 4. The molecule has 9 heteroatoms. The molecule has 0 saturated carbocycles. The van der Waals surface area contributed by atoms with Crippen LogP contribution in [0.1, 0.15) is 38.5 Å². The van der Waals surface area contributed by atoms with Crippen LogP contribution in [0.4, 0.5) is 0 Å². The van der Waals surface area contributed by atoms with Gasteiger partial charge in [-0.3, -0.25) is 4.90 Å². The van der Waals surface area contributed by atoms with Crippen molar-refractivity contribution in [1.82, 2.24) is 30.5 Å². The summed E-state index contributed by atoms with van der Waals surface area (Å²) < 4.78 is 10.9. The summed E-state index contributed by atoms with van der Waals surface area (Å²) in [7, 11) is 2.08. The van der Waals surface area contributed by atoms with Crippen LogP contribution in [0, 0.1) is 5.41 Å². The molecule has 0 radical (unpaired) electrons. The molecule has 1 aliphatic heterocycles. The number of halogens is 1. The van der Waals surface area contributed by atoms with E-state index >= 15 is 0 Å². The molecule has 1 N–H and O–H groups in total. The molecule has 156 valence electrons. The fourth-order valence-electron chi connectivity index (χ4n) is 3.27. The number of benzene rings is 1. The molecule has 2 aromatic heterocycles. The van der Waals surface area contributed by atoms with E-state index in [1.807, 2.05) is 24.3 Å². The van der Waals surface area contributed by atoms with E-state index in [0.29, 0.717) is 23.4 Å². The second kappa shape index (κ2) is 8.61. The van der Waals surface area contributed by atoms with Crippen molar-refractivity contribution in [3.8, 4) is 22.8 Å². The van der Waals surface area contributed by atoms with Crippen LogP contribution in [0.3, 0.4) is 0 Å². The topological polar surface area (TPSA) is 93.1 Å². The molecular weight excluding hydrogens is 392 g/mol. The lowest BCUT2D eigenvalue weighted by atomic mass is 9.92. The standard InChI is InChI=1S/C20H26N6O2.ClH/c1-20(2,3)11-16-22-17(24-27-16)13-6-5-7-14(10-13)19-23-18(25-28-19)15-12-21-8-9-26(15)4;/h5-7,10,15,21H,8-9,11-12H2,1-4H3;1H. The molecular formula is C20H27ClN6O2. The van der Waals surface area contributed by atoms with E-state index in [0.717, 1.165) is 37.2 Å². The number of nitrogens with zero attached hydrogens (tertiary/aromatic N) is 5. The van der Waals surface area contributed by atoms with Crippen LogP contribution in [0.2, 0.25) is 0 Å². The number of likely N-dealkylation sites (N-methyl/N-ethyl adjacent to an activating group) is 1. The van der Waals surface area contributed by atoms with Gasteiger partial charge in [-0.2, -0.15) is 9.97 Å². The van der Waals surface area contributed by atoms with Crippen LogP contribution < -0.4 is 5.32 Å². The van der Waals surface area contributed by atoms with Crippen LogP contribution in [0.15, 0.2) is 33.3 Å². The number of rotatable bonds is 4. The molecule has 0 spiro atoms. The van der Waals surface area contributed by atoms with Gasteiger partial charge in [0.15, 0.2) is 5.82 Å². The summed E-state index contributed by atoms with van der Waals surface area (Å²) in [4.78, 5) is 11.4. The molecule has 1 unspecified atom stereocenters. The van der Waals surface area contributed by atoms with Crippen molar-refractivity contribution in [3.63, 3.8) is 0 Å². The van der Waals surface area contributed by atoms with Crippen molar-refractivity contribution in [2.45, 2.75) is 33.2 Å². The molecule has 0 bridgehead atoms. The fraction of sp³-hybridized carbons (Fsp3) is 0.500.